The third kappa shape index (κ3) is 3.13. The van der Waals surface area contributed by atoms with Crippen LogP contribution >= 0.6 is 11.3 Å². The maximum atomic E-state index is 13.0. The number of rotatable bonds is 4. The molecule has 0 atom stereocenters. The summed E-state index contributed by atoms with van der Waals surface area (Å²) in [4.78, 5) is 33.0. The molecule has 2 aromatic heterocycles. The van der Waals surface area contributed by atoms with E-state index in [0.29, 0.717) is 21.9 Å². The Bertz CT molecular complexity index is 1360. The summed E-state index contributed by atoms with van der Waals surface area (Å²) in [6.07, 6.45) is 1.65. The number of hydrogen-bond acceptors (Lipinski definition) is 6. The van der Waals surface area contributed by atoms with E-state index in [-0.39, 0.29) is 19.9 Å². The van der Waals surface area contributed by atoms with Gasteiger partial charge in [-0.25, -0.2) is 0 Å². The van der Waals surface area contributed by atoms with Crippen LogP contribution < -0.4 is 14.3 Å². The van der Waals surface area contributed by atoms with Crippen LogP contribution in [0.2, 0.25) is 0 Å². The van der Waals surface area contributed by atoms with Gasteiger partial charge in [-0.2, -0.15) is 4.99 Å². The maximum Gasteiger partial charge on any atom is 0.326 e. The van der Waals surface area contributed by atoms with Gasteiger partial charge in [-0.3, -0.25) is 9.59 Å². The average molecular weight is 423 g/mol. The van der Waals surface area contributed by atoms with E-state index < -0.39 is 11.9 Å². The number of carbonyl (C=O) groups excluding carboxylic acids is 2. The second-order valence-electron chi connectivity index (χ2n) is 6.61. The number of aromatic nitrogens is 2. The number of carbonyl (C=O) groups is 2. The average Bonchev–Trinajstić information content (AvgIpc) is 3.44. The molecule has 8 nitrogen and oxygen atoms in total. The molecule has 3 heterocycles. The first-order valence-corrected chi connectivity index (χ1v) is 10.2. The van der Waals surface area contributed by atoms with Crippen LogP contribution in [-0.2, 0) is 16.1 Å². The molecule has 0 bridgehead atoms. The van der Waals surface area contributed by atoms with E-state index in [2.05, 4.69) is 9.98 Å². The minimum absolute atomic E-state index is 0.0620. The Morgan fingerprint density at radius 1 is 1.23 bits per heavy atom. The molecule has 1 N–H and O–H groups in total. The van der Waals surface area contributed by atoms with Crippen LogP contribution in [0, 0.1) is 0 Å². The van der Waals surface area contributed by atoms with E-state index in [0.717, 1.165) is 21.1 Å². The van der Waals surface area contributed by atoms with Gasteiger partial charge in [0.25, 0.3) is 5.91 Å². The summed E-state index contributed by atoms with van der Waals surface area (Å²) in [7, 11) is 0. The highest BCUT2D eigenvalue weighted by Crippen LogP contribution is 2.37. The summed E-state index contributed by atoms with van der Waals surface area (Å²) in [5, 5.41) is 0.796. The second kappa shape index (κ2) is 7.34. The van der Waals surface area contributed by atoms with Gasteiger partial charge in [0, 0.05) is 29.2 Å². The fourth-order valence-electron chi connectivity index (χ4n) is 3.43. The van der Waals surface area contributed by atoms with Gasteiger partial charge in [-0.15, -0.1) is 0 Å². The maximum absolute atomic E-state index is 13.0. The molecule has 4 aromatic rings. The summed E-state index contributed by atoms with van der Waals surface area (Å²) in [5.41, 5.74) is 2.06. The number of amides is 1. The van der Waals surface area contributed by atoms with E-state index in [1.165, 1.54) is 11.3 Å². The molecular formula is C21H17N3O5S. The number of H-pyrrole nitrogens is 1. The van der Waals surface area contributed by atoms with Crippen LogP contribution in [0.4, 0.5) is 0 Å². The number of thiazole rings is 1. The van der Waals surface area contributed by atoms with Crippen molar-refractivity contribution < 1.29 is 23.8 Å². The molecule has 0 fully saturated rings. The Labute approximate surface area is 174 Å². The van der Waals surface area contributed by atoms with Crippen molar-refractivity contribution in [3.8, 4) is 11.5 Å². The van der Waals surface area contributed by atoms with Crippen molar-refractivity contribution in [3.63, 3.8) is 0 Å². The van der Waals surface area contributed by atoms with E-state index in [9.17, 15) is 9.59 Å². The monoisotopic (exact) mass is 423 g/mol. The topological polar surface area (TPSA) is 94.9 Å². The molecular weight excluding hydrogens is 406 g/mol. The minimum Gasteiger partial charge on any atom is -0.465 e. The molecule has 0 spiro atoms. The van der Waals surface area contributed by atoms with Gasteiger partial charge in [0.15, 0.2) is 16.3 Å². The normalized spacial score (nSPS) is 13.3. The van der Waals surface area contributed by atoms with Crippen LogP contribution in [-0.4, -0.2) is 34.8 Å². The first-order chi connectivity index (χ1) is 14.6. The van der Waals surface area contributed by atoms with Crippen LogP contribution in [0.25, 0.3) is 21.1 Å². The quantitative estimate of drug-likeness (QED) is 0.509. The molecule has 1 aliphatic heterocycles. The third-order valence-electron chi connectivity index (χ3n) is 4.79. The molecule has 0 saturated heterocycles. The first kappa shape index (κ1) is 18.4. The fourth-order valence-corrected chi connectivity index (χ4v) is 4.47. The largest absolute Gasteiger partial charge is 0.465 e. The number of para-hydroxylation sites is 1. The lowest BCUT2D eigenvalue weighted by atomic mass is 10.2. The molecule has 1 aliphatic rings. The molecule has 2 aromatic carbocycles. The predicted molar refractivity (Wildman–Crippen MR) is 111 cm³/mol. The van der Waals surface area contributed by atoms with Crippen LogP contribution in [0.5, 0.6) is 11.5 Å². The lowest BCUT2D eigenvalue weighted by Crippen LogP contribution is -2.23. The zero-order valence-electron chi connectivity index (χ0n) is 16.0. The molecule has 0 unspecified atom stereocenters. The Morgan fingerprint density at radius 3 is 2.87 bits per heavy atom. The minimum atomic E-state index is -0.407. The van der Waals surface area contributed by atoms with E-state index in [1.807, 2.05) is 30.3 Å². The van der Waals surface area contributed by atoms with Crippen molar-refractivity contribution in [1.29, 1.82) is 0 Å². The van der Waals surface area contributed by atoms with Gasteiger partial charge in [-0.1, -0.05) is 29.5 Å². The van der Waals surface area contributed by atoms with Gasteiger partial charge in [-0.05, 0) is 13.0 Å². The number of nitrogens with one attached hydrogen (secondary N) is 1. The van der Waals surface area contributed by atoms with Crippen molar-refractivity contribution in [2.75, 3.05) is 13.4 Å². The molecule has 5 rings (SSSR count). The van der Waals surface area contributed by atoms with Crippen molar-refractivity contribution in [2.45, 2.75) is 13.5 Å². The number of nitrogens with zero attached hydrogens (tertiary/aromatic N) is 2. The van der Waals surface area contributed by atoms with Crippen molar-refractivity contribution in [3.05, 3.63) is 53.0 Å². The van der Waals surface area contributed by atoms with E-state index >= 15 is 0 Å². The molecule has 1 amide bonds. The van der Waals surface area contributed by atoms with Crippen LogP contribution in [0.15, 0.2) is 47.6 Å². The van der Waals surface area contributed by atoms with Crippen LogP contribution in [0.1, 0.15) is 17.3 Å². The number of ether oxygens (including phenoxy) is 3. The third-order valence-corrected chi connectivity index (χ3v) is 5.83. The van der Waals surface area contributed by atoms with Gasteiger partial charge >= 0.3 is 5.97 Å². The Hall–Kier alpha value is -3.59. The molecule has 0 aliphatic carbocycles. The smallest absolute Gasteiger partial charge is 0.326 e. The number of fused-ring (bicyclic) bond motifs is 3. The van der Waals surface area contributed by atoms with Crippen molar-refractivity contribution in [1.82, 2.24) is 9.55 Å². The molecule has 0 radical (unpaired) electrons. The van der Waals surface area contributed by atoms with E-state index in [1.54, 1.807) is 23.8 Å². The molecule has 30 heavy (non-hydrogen) atoms. The highest BCUT2D eigenvalue weighted by Gasteiger charge is 2.20. The summed E-state index contributed by atoms with van der Waals surface area (Å²) in [6.45, 7) is 2.11. The SMILES string of the molecule is CCOC(=O)Cn1c(=NC(=O)c2c[nH]c3ccccc23)sc2cc3c(cc21)OCO3. The summed E-state index contributed by atoms with van der Waals surface area (Å²) >= 11 is 1.30. The highest BCUT2D eigenvalue weighted by atomic mass is 32.1. The predicted octanol–water partition coefficient (Wildman–Crippen LogP) is 3.22. The van der Waals surface area contributed by atoms with Crippen molar-refractivity contribution in [2.24, 2.45) is 4.99 Å². The Balaban J connectivity index is 1.65. The molecule has 9 heteroatoms. The zero-order valence-corrected chi connectivity index (χ0v) is 16.8. The number of hydrogen-bond donors (Lipinski definition) is 1. The van der Waals surface area contributed by atoms with Gasteiger partial charge in [0.05, 0.1) is 22.4 Å². The Morgan fingerprint density at radius 2 is 2.03 bits per heavy atom. The number of aromatic amines is 1. The second-order valence-corrected chi connectivity index (χ2v) is 7.62. The van der Waals surface area contributed by atoms with Gasteiger partial charge < -0.3 is 23.8 Å². The molecule has 152 valence electrons. The number of benzene rings is 2. The van der Waals surface area contributed by atoms with Crippen molar-refractivity contribution >= 4 is 44.3 Å². The summed E-state index contributed by atoms with van der Waals surface area (Å²) in [6, 6.07) is 11.2. The Kier molecular flexibility index (Phi) is 4.51. The standard InChI is InChI=1S/C21H17N3O5S/c1-2-27-19(25)10-24-15-7-16-17(29-11-28-16)8-18(15)30-21(24)23-20(26)13-9-22-14-6-4-3-5-12(13)14/h3-9,22H,2,10-11H2,1H3. The number of esters is 1. The lowest BCUT2D eigenvalue weighted by molar-refractivity contribution is -0.143. The van der Waals surface area contributed by atoms with Crippen LogP contribution in [0.3, 0.4) is 0 Å². The zero-order chi connectivity index (χ0) is 20.7. The lowest BCUT2D eigenvalue weighted by Gasteiger charge is -2.05. The highest BCUT2D eigenvalue weighted by molar-refractivity contribution is 7.16. The first-order valence-electron chi connectivity index (χ1n) is 9.38. The van der Waals surface area contributed by atoms with E-state index in [4.69, 9.17) is 14.2 Å². The van der Waals surface area contributed by atoms with Gasteiger partial charge in [0.2, 0.25) is 6.79 Å². The summed E-state index contributed by atoms with van der Waals surface area (Å²) in [5.74, 6) is 0.418. The molecule has 0 saturated carbocycles. The fraction of sp³-hybridized carbons (Fsp3) is 0.190. The van der Waals surface area contributed by atoms with Gasteiger partial charge in [0.1, 0.15) is 6.54 Å². The summed E-state index contributed by atoms with van der Waals surface area (Å²) < 4.78 is 18.5.